The number of para-hydroxylation sites is 4. The third-order valence-electron chi connectivity index (χ3n) is 6.84. The zero-order chi connectivity index (χ0) is 24.4. The quantitative estimate of drug-likeness (QED) is 0.267. The summed E-state index contributed by atoms with van der Waals surface area (Å²) in [7, 11) is 0. The Morgan fingerprint density at radius 1 is 0.444 bits per heavy atom. The molecule has 0 spiro atoms. The Labute approximate surface area is 208 Å². The molecular formula is C31H25N5. The Morgan fingerprint density at radius 3 is 1.06 bits per heavy atom. The average molecular weight is 468 g/mol. The van der Waals surface area contributed by atoms with Crippen molar-refractivity contribution in [1.82, 2.24) is 24.1 Å². The van der Waals surface area contributed by atoms with Gasteiger partial charge in [0, 0.05) is 27.0 Å². The lowest BCUT2D eigenvalue weighted by molar-refractivity contribution is 0.537. The van der Waals surface area contributed by atoms with E-state index in [1.165, 1.54) is 21.5 Å². The third-order valence-corrected chi connectivity index (χ3v) is 6.84. The molecule has 174 valence electrons. The SMILES string of the molecule is CC(C)(C)c1nc(-n2c3ccccc3c3ccccc32)nc(-n2c3ccccc3c3ccccc32)n1. The van der Waals surface area contributed by atoms with Crippen LogP contribution in [0, 0.1) is 0 Å². The molecule has 5 nitrogen and oxygen atoms in total. The van der Waals surface area contributed by atoms with Crippen LogP contribution in [0.3, 0.4) is 0 Å². The van der Waals surface area contributed by atoms with Crippen LogP contribution < -0.4 is 0 Å². The van der Waals surface area contributed by atoms with Gasteiger partial charge in [0.1, 0.15) is 5.82 Å². The topological polar surface area (TPSA) is 48.5 Å². The highest BCUT2D eigenvalue weighted by molar-refractivity contribution is 6.10. The summed E-state index contributed by atoms with van der Waals surface area (Å²) in [5.74, 6) is 2.01. The zero-order valence-electron chi connectivity index (χ0n) is 20.5. The van der Waals surface area contributed by atoms with Gasteiger partial charge in [0.2, 0.25) is 11.9 Å². The van der Waals surface area contributed by atoms with Crippen molar-refractivity contribution in [2.24, 2.45) is 0 Å². The first-order valence-corrected chi connectivity index (χ1v) is 12.2. The van der Waals surface area contributed by atoms with Crippen LogP contribution in [0.15, 0.2) is 97.1 Å². The number of benzene rings is 4. The van der Waals surface area contributed by atoms with E-state index in [0.29, 0.717) is 11.9 Å². The van der Waals surface area contributed by atoms with E-state index < -0.39 is 0 Å². The summed E-state index contributed by atoms with van der Waals surface area (Å²) in [5, 5.41) is 4.74. The maximum atomic E-state index is 5.14. The molecule has 5 heteroatoms. The summed E-state index contributed by atoms with van der Waals surface area (Å²) in [6.45, 7) is 6.44. The molecule has 0 amide bonds. The molecule has 0 unspecified atom stereocenters. The zero-order valence-corrected chi connectivity index (χ0v) is 20.5. The fourth-order valence-electron chi connectivity index (χ4n) is 5.17. The molecule has 0 atom stereocenters. The Balaban J connectivity index is 1.62. The summed E-state index contributed by atoms with van der Waals surface area (Å²) >= 11 is 0. The van der Waals surface area contributed by atoms with Crippen LogP contribution in [-0.2, 0) is 5.41 Å². The lowest BCUT2D eigenvalue weighted by atomic mass is 9.96. The summed E-state index contributed by atoms with van der Waals surface area (Å²) in [5.41, 5.74) is 4.07. The minimum absolute atomic E-state index is 0.260. The van der Waals surface area contributed by atoms with E-state index in [-0.39, 0.29) is 5.41 Å². The van der Waals surface area contributed by atoms with Gasteiger partial charge in [0.05, 0.1) is 22.1 Å². The third kappa shape index (κ3) is 2.99. The molecule has 0 bridgehead atoms. The number of hydrogen-bond donors (Lipinski definition) is 0. The monoisotopic (exact) mass is 467 g/mol. The van der Waals surface area contributed by atoms with Crippen LogP contribution in [0.4, 0.5) is 0 Å². The summed E-state index contributed by atoms with van der Waals surface area (Å²) < 4.78 is 4.33. The van der Waals surface area contributed by atoms with Gasteiger partial charge in [-0.1, -0.05) is 93.6 Å². The maximum absolute atomic E-state index is 5.14. The molecule has 0 aliphatic heterocycles. The highest BCUT2D eigenvalue weighted by Gasteiger charge is 2.24. The predicted molar refractivity (Wildman–Crippen MR) is 147 cm³/mol. The van der Waals surface area contributed by atoms with Crippen LogP contribution in [-0.4, -0.2) is 24.1 Å². The number of aromatic nitrogens is 5. The largest absolute Gasteiger partial charge is 0.278 e. The molecule has 0 radical (unpaired) electrons. The summed E-state index contributed by atoms with van der Waals surface area (Å²) in [4.78, 5) is 15.2. The van der Waals surface area contributed by atoms with Gasteiger partial charge < -0.3 is 0 Å². The number of fused-ring (bicyclic) bond motifs is 6. The van der Waals surface area contributed by atoms with Crippen LogP contribution in [0.2, 0.25) is 0 Å². The number of nitrogens with zero attached hydrogens (tertiary/aromatic N) is 5. The molecule has 36 heavy (non-hydrogen) atoms. The van der Waals surface area contributed by atoms with Crippen LogP contribution in [0.25, 0.3) is 55.5 Å². The Kier molecular flexibility index (Phi) is 4.33. The van der Waals surface area contributed by atoms with Gasteiger partial charge in [-0.15, -0.1) is 0 Å². The normalized spacial score (nSPS) is 12.3. The van der Waals surface area contributed by atoms with Gasteiger partial charge in [0.25, 0.3) is 0 Å². The van der Waals surface area contributed by atoms with Crippen molar-refractivity contribution in [3.05, 3.63) is 103 Å². The van der Waals surface area contributed by atoms with Crippen LogP contribution in [0.1, 0.15) is 26.6 Å². The smallest absolute Gasteiger partial charge is 0.239 e. The van der Waals surface area contributed by atoms with Crippen molar-refractivity contribution in [3.8, 4) is 11.9 Å². The second-order valence-corrected chi connectivity index (χ2v) is 10.2. The van der Waals surface area contributed by atoms with Gasteiger partial charge in [-0.2, -0.15) is 15.0 Å². The summed E-state index contributed by atoms with van der Waals surface area (Å²) in [6, 6.07) is 33.8. The molecule has 3 aromatic heterocycles. The van der Waals surface area contributed by atoms with E-state index in [1.807, 2.05) is 0 Å². The highest BCUT2D eigenvalue weighted by atomic mass is 15.3. The molecule has 0 aliphatic rings. The van der Waals surface area contributed by atoms with Crippen molar-refractivity contribution in [2.75, 3.05) is 0 Å². The van der Waals surface area contributed by atoms with Gasteiger partial charge in [-0.3, -0.25) is 9.13 Å². The van der Waals surface area contributed by atoms with Crippen LogP contribution >= 0.6 is 0 Å². The predicted octanol–water partition coefficient (Wildman–Crippen LogP) is 7.36. The van der Waals surface area contributed by atoms with E-state index in [2.05, 4.69) is 127 Å². The average Bonchev–Trinajstić information content (AvgIpc) is 3.41. The maximum Gasteiger partial charge on any atom is 0.239 e. The molecular weight excluding hydrogens is 442 g/mol. The van der Waals surface area contributed by atoms with E-state index in [1.54, 1.807) is 0 Å². The second kappa shape index (κ2) is 7.49. The molecule has 0 saturated heterocycles. The summed E-state index contributed by atoms with van der Waals surface area (Å²) in [6.07, 6.45) is 0. The van der Waals surface area contributed by atoms with Crippen molar-refractivity contribution < 1.29 is 0 Å². The van der Waals surface area contributed by atoms with E-state index >= 15 is 0 Å². The Morgan fingerprint density at radius 2 is 0.750 bits per heavy atom. The lowest BCUT2D eigenvalue weighted by Crippen LogP contribution is -2.20. The first-order valence-electron chi connectivity index (χ1n) is 12.2. The Bertz CT molecular complexity index is 1700. The molecule has 0 aliphatic carbocycles. The Hall–Kier alpha value is -4.51. The first kappa shape index (κ1) is 20.8. The van der Waals surface area contributed by atoms with Crippen molar-refractivity contribution in [3.63, 3.8) is 0 Å². The van der Waals surface area contributed by atoms with Gasteiger partial charge in [-0.25, -0.2) is 0 Å². The minimum atomic E-state index is -0.260. The van der Waals surface area contributed by atoms with Crippen molar-refractivity contribution in [2.45, 2.75) is 26.2 Å². The first-order chi connectivity index (χ1) is 17.5. The second-order valence-electron chi connectivity index (χ2n) is 10.2. The molecule has 4 aromatic carbocycles. The standard InChI is InChI=1S/C31H25N5/c1-31(2,3)28-32-29(35-24-16-8-4-12-20(24)21-13-5-9-17-25(21)35)34-30(33-28)36-26-18-10-6-14-22(26)23-15-7-11-19-27(23)36/h4-19H,1-3H3. The molecule has 7 aromatic rings. The highest BCUT2D eigenvalue weighted by Crippen LogP contribution is 2.34. The fraction of sp³-hybridized carbons (Fsp3) is 0.129. The van der Waals surface area contributed by atoms with E-state index in [4.69, 9.17) is 15.0 Å². The number of hydrogen-bond acceptors (Lipinski definition) is 3. The molecule has 7 rings (SSSR count). The minimum Gasteiger partial charge on any atom is -0.278 e. The van der Waals surface area contributed by atoms with Crippen LogP contribution in [0.5, 0.6) is 0 Å². The molecule has 0 saturated carbocycles. The van der Waals surface area contributed by atoms with Crippen molar-refractivity contribution >= 4 is 43.6 Å². The molecule has 0 N–H and O–H groups in total. The van der Waals surface area contributed by atoms with Gasteiger partial charge in [0.15, 0.2) is 0 Å². The number of rotatable bonds is 2. The van der Waals surface area contributed by atoms with Crippen molar-refractivity contribution in [1.29, 1.82) is 0 Å². The van der Waals surface area contributed by atoms with Gasteiger partial charge in [-0.05, 0) is 24.3 Å². The fourth-order valence-corrected chi connectivity index (χ4v) is 5.17. The molecule has 3 heterocycles. The molecule has 0 fully saturated rings. The van der Waals surface area contributed by atoms with Gasteiger partial charge >= 0.3 is 0 Å². The van der Waals surface area contributed by atoms with E-state index in [0.717, 1.165) is 27.9 Å². The van der Waals surface area contributed by atoms with E-state index in [9.17, 15) is 0 Å². The lowest BCUT2D eigenvalue weighted by Gasteiger charge is -2.19.